The highest BCUT2D eigenvalue weighted by atomic mass is 19.1. The van der Waals surface area contributed by atoms with E-state index < -0.39 is 0 Å². The first-order valence-corrected chi connectivity index (χ1v) is 6.15. The van der Waals surface area contributed by atoms with Crippen LogP contribution in [0.2, 0.25) is 0 Å². The molecule has 0 saturated heterocycles. The summed E-state index contributed by atoms with van der Waals surface area (Å²) < 4.78 is 26.6. The Balaban J connectivity index is 2.10. The van der Waals surface area contributed by atoms with Crippen molar-refractivity contribution in [3.05, 3.63) is 35.4 Å². The molecule has 0 radical (unpaired) electrons. The summed E-state index contributed by atoms with van der Waals surface area (Å²) in [4.78, 5) is 0. The number of halogens is 2. The molecule has 1 aromatic rings. The van der Waals surface area contributed by atoms with E-state index >= 15 is 0 Å². The van der Waals surface area contributed by atoms with Gasteiger partial charge >= 0.3 is 0 Å². The van der Waals surface area contributed by atoms with Gasteiger partial charge in [0, 0.05) is 0 Å². The van der Waals surface area contributed by atoms with Gasteiger partial charge in [-0.2, -0.15) is 0 Å². The van der Waals surface area contributed by atoms with E-state index in [0.717, 1.165) is 31.6 Å². The second kappa shape index (κ2) is 4.94. The molecule has 0 heterocycles. The summed E-state index contributed by atoms with van der Waals surface area (Å²) >= 11 is 0. The fourth-order valence-corrected chi connectivity index (χ4v) is 2.71. The Labute approximate surface area is 95.7 Å². The Kier molecular flexibility index (Phi) is 3.57. The van der Waals surface area contributed by atoms with E-state index in [9.17, 15) is 8.78 Å². The van der Waals surface area contributed by atoms with Crippen LogP contribution in [0.1, 0.15) is 50.5 Å². The molecule has 0 N–H and O–H groups in total. The molecule has 0 unspecified atom stereocenters. The first-order valence-electron chi connectivity index (χ1n) is 6.15. The average molecular weight is 224 g/mol. The zero-order chi connectivity index (χ0) is 11.5. The Morgan fingerprint density at radius 1 is 1.12 bits per heavy atom. The highest BCUT2D eigenvalue weighted by Crippen LogP contribution is 2.37. The molecule has 0 nitrogen and oxygen atoms in total. The lowest BCUT2D eigenvalue weighted by atomic mass is 9.78. The van der Waals surface area contributed by atoms with Crippen molar-refractivity contribution in [2.45, 2.75) is 44.9 Å². The van der Waals surface area contributed by atoms with E-state index in [4.69, 9.17) is 0 Å². The summed E-state index contributed by atoms with van der Waals surface area (Å²) in [6, 6.07) is 3.80. The van der Waals surface area contributed by atoms with E-state index in [1.54, 1.807) is 0 Å². The van der Waals surface area contributed by atoms with Crippen LogP contribution in [0.3, 0.4) is 0 Å². The number of benzene rings is 1. The van der Waals surface area contributed by atoms with Crippen LogP contribution < -0.4 is 0 Å². The molecule has 0 atom stereocenters. The monoisotopic (exact) mass is 224 g/mol. The quantitative estimate of drug-likeness (QED) is 0.686. The highest BCUT2D eigenvalue weighted by molar-refractivity contribution is 5.23. The Morgan fingerprint density at radius 2 is 1.81 bits per heavy atom. The van der Waals surface area contributed by atoms with Crippen LogP contribution in [0.25, 0.3) is 0 Å². The van der Waals surface area contributed by atoms with Gasteiger partial charge in [-0.25, -0.2) is 8.78 Å². The van der Waals surface area contributed by atoms with Gasteiger partial charge in [-0.15, -0.1) is 0 Å². The molecule has 0 amide bonds. The maximum absolute atomic E-state index is 13.6. The number of hydrogen-bond acceptors (Lipinski definition) is 0. The Hall–Kier alpha value is -0.920. The second-order valence-corrected chi connectivity index (χ2v) is 4.79. The third kappa shape index (κ3) is 2.42. The van der Waals surface area contributed by atoms with Crippen molar-refractivity contribution in [1.82, 2.24) is 0 Å². The standard InChI is InChI=1S/C14H18F2/c1-2-10-3-5-11(6-4-10)13-9-12(15)7-8-14(13)16/h7-11H,2-6H2,1H3. The van der Waals surface area contributed by atoms with E-state index in [0.29, 0.717) is 5.56 Å². The third-order valence-corrected chi connectivity index (χ3v) is 3.82. The van der Waals surface area contributed by atoms with Crippen LogP contribution in [0.15, 0.2) is 18.2 Å². The Bertz CT molecular complexity index is 352. The van der Waals surface area contributed by atoms with Crippen LogP contribution in [0, 0.1) is 17.6 Å². The molecule has 1 saturated carbocycles. The van der Waals surface area contributed by atoms with Gasteiger partial charge in [-0.3, -0.25) is 0 Å². The zero-order valence-corrected chi connectivity index (χ0v) is 9.68. The van der Waals surface area contributed by atoms with Gasteiger partial charge in [-0.1, -0.05) is 13.3 Å². The van der Waals surface area contributed by atoms with Crippen LogP contribution >= 0.6 is 0 Å². The van der Waals surface area contributed by atoms with Gasteiger partial charge in [-0.05, 0) is 61.3 Å². The lowest BCUT2D eigenvalue weighted by Gasteiger charge is -2.28. The molecule has 1 aliphatic rings. The van der Waals surface area contributed by atoms with E-state index in [2.05, 4.69) is 6.92 Å². The summed E-state index contributed by atoms with van der Waals surface area (Å²) in [5.74, 6) is 0.432. The largest absolute Gasteiger partial charge is 0.207 e. The molecular formula is C14H18F2. The first kappa shape index (κ1) is 11.6. The maximum Gasteiger partial charge on any atom is 0.126 e. The molecule has 0 aromatic heterocycles. The van der Waals surface area contributed by atoms with E-state index in [1.165, 1.54) is 24.6 Å². The van der Waals surface area contributed by atoms with Gasteiger partial charge in [0.15, 0.2) is 0 Å². The van der Waals surface area contributed by atoms with Crippen LogP contribution in [0.4, 0.5) is 8.78 Å². The van der Waals surface area contributed by atoms with Gasteiger partial charge in [0.1, 0.15) is 11.6 Å². The molecule has 88 valence electrons. The molecule has 2 rings (SSSR count). The van der Waals surface area contributed by atoms with E-state index in [1.807, 2.05) is 0 Å². The summed E-state index contributed by atoms with van der Waals surface area (Å²) in [7, 11) is 0. The lowest BCUT2D eigenvalue weighted by Crippen LogP contribution is -2.13. The molecule has 0 aliphatic heterocycles. The second-order valence-electron chi connectivity index (χ2n) is 4.79. The molecule has 0 spiro atoms. The Morgan fingerprint density at radius 3 is 2.44 bits per heavy atom. The predicted octanol–water partition coefficient (Wildman–Crippen LogP) is 4.65. The topological polar surface area (TPSA) is 0 Å². The van der Waals surface area contributed by atoms with Crippen LogP contribution in [-0.2, 0) is 0 Å². The predicted molar refractivity (Wildman–Crippen MR) is 61.3 cm³/mol. The fourth-order valence-electron chi connectivity index (χ4n) is 2.71. The normalized spacial score (nSPS) is 25.7. The van der Waals surface area contributed by atoms with Crippen molar-refractivity contribution in [1.29, 1.82) is 0 Å². The van der Waals surface area contributed by atoms with Crippen molar-refractivity contribution in [2.24, 2.45) is 5.92 Å². The van der Waals surface area contributed by atoms with Gasteiger partial charge in [0.05, 0.1) is 0 Å². The van der Waals surface area contributed by atoms with Crippen LogP contribution in [-0.4, -0.2) is 0 Å². The van der Waals surface area contributed by atoms with Crippen molar-refractivity contribution >= 4 is 0 Å². The smallest absolute Gasteiger partial charge is 0.126 e. The highest BCUT2D eigenvalue weighted by Gasteiger charge is 2.23. The minimum atomic E-state index is -0.325. The molecule has 1 aliphatic carbocycles. The van der Waals surface area contributed by atoms with Crippen molar-refractivity contribution in [3.8, 4) is 0 Å². The third-order valence-electron chi connectivity index (χ3n) is 3.82. The zero-order valence-electron chi connectivity index (χ0n) is 9.68. The number of rotatable bonds is 2. The summed E-state index contributed by atoms with van der Waals surface area (Å²) in [6.45, 7) is 2.20. The van der Waals surface area contributed by atoms with E-state index in [-0.39, 0.29) is 17.6 Å². The molecule has 2 heteroatoms. The number of hydrogen-bond donors (Lipinski definition) is 0. The minimum Gasteiger partial charge on any atom is -0.207 e. The van der Waals surface area contributed by atoms with Crippen molar-refractivity contribution in [3.63, 3.8) is 0 Å². The van der Waals surface area contributed by atoms with Gasteiger partial charge in [0.25, 0.3) is 0 Å². The van der Waals surface area contributed by atoms with Gasteiger partial charge < -0.3 is 0 Å². The van der Waals surface area contributed by atoms with Gasteiger partial charge in [0.2, 0.25) is 0 Å². The SMILES string of the molecule is CCC1CCC(c2cc(F)ccc2F)CC1. The lowest BCUT2D eigenvalue weighted by molar-refractivity contribution is 0.314. The van der Waals surface area contributed by atoms with Crippen molar-refractivity contribution in [2.75, 3.05) is 0 Å². The van der Waals surface area contributed by atoms with Crippen molar-refractivity contribution < 1.29 is 8.78 Å². The molecule has 0 bridgehead atoms. The molecular weight excluding hydrogens is 206 g/mol. The minimum absolute atomic E-state index is 0.221. The summed E-state index contributed by atoms with van der Waals surface area (Å²) in [5.41, 5.74) is 0.578. The summed E-state index contributed by atoms with van der Waals surface area (Å²) in [5, 5.41) is 0. The molecule has 1 fully saturated rings. The first-order chi connectivity index (χ1) is 7.70. The maximum atomic E-state index is 13.6. The summed E-state index contributed by atoms with van der Waals surface area (Å²) in [6.07, 6.45) is 5.50. The average Bonchev–Trinajstić information content (AvgIpc) is 2.32. The molecule has 1 aromatic carbocycles. The van der Waals surface area contributed by atoms with Crippen LogP contribution in [0.5, 0.6) is 0 Å². The fraction of sp³-hybridized carbons (Fsp3) is 0.571. The molecule has 16 heavy (non-hydrogen) atoms.